The van der Waals surface area contributed by atoms with Gasteiger partial charge in [0.25, 0.3) is 0 Å². The Morgan fingerprint density at radius 1 is 1.25 bits per heavy atom. The van der Waals surface area contributed by atoms with E-state index >= 15 is 0 Å². The molecule has 0 spiro atoms. The average Bonchev–Trinajstić information content (AvgIpc) is 2.25. The maximum Gasteiger partial charge on any atom is 0.0110 e. The van der Waals surface area contributed by atoms with Crippen LogP contribution in [0.5, 0.6) is 0 Å². The lowest BCUT2D eigenvalue weighted by atomic mass is 9.94. The zero-order chi connectivity index (χ0) is 12.0. The smallest absolute Gasteiger partial charge is 0.0110 e. The second-order valence-electron chi connectivity index (χ2n) is 3.97. The Hall–Kier alpha value is -1.34. The number of hydrogen-bond acceptors (Lipinski definition) is 1. The van der Waals surface area contributed by atoms with Gasteiger partial charge < -0.3 is 5.73 Å². The predicted octanol–water partition coefficient (Wildman–Crippen LogP) is 3.61. The van der Waals surface area contributed by atoms with E-state index in [0.29, 0.717) is 6.54 Å². The fourth-order valence-electron chi connectivity index (χ4n) is 1.94. The average molecular weight is 215 g/mol. The van der Waals surface area contributed by atoms with Crippen molar-refractivity contribution in [2.75, 3.05) is 6.54 Å². The predicted molar refractivity (Wildman–Crippen MR) is 72.4 cm³/mol. The van der Waals surface area contributed by atoms with Crippen LogP contribution in [0, 0.1) is 13.8 Å². The van der Waals surface area contributed by atoms with Crippen LogP contribution in [0.3, 0.4) is 0 Å². The van der Waals surface area contributed by atoms with Crippen molar-refractivity contribution in [1.29, 1.82) is 0 Å². The summed E-state index contributed by atoms with van der Waals surface area (Å²) >= 11 is 0. The number of nitrogens with two attached hydrogens (primary N) is 1. The lowest BCUT2D eigenvalue weighted by molar-refractivity contribution is 1.21. The first-order chi connectivity index (χ1) is 7.70. The highest BCUT2D eigenvalue weighted by molar-refractivity contribution is 5.77. The van der Waals surface area contributed by atoms with Crippen LogP contribution in [0.1, 0.15) is 30.0 Å². The standard InChI is InChI=1S/C15H21N/c1-4-7-14(10-6-11-16)15-12(2)8-5-9-13(15)3/h5-10H,4,11,16H2,1-3H3/b10-6-,14-7+. The quantitative estimate of drug-likeness (QED) is 0.763. The van der Waals surface area contributed by atoms with E-state index in [2.05, 4.69) is 51.1 Å². The van der Waals surface area contributed by atoms with E-state index in [-0.39, 0.29) is 0 Å². The van der Waals surface area contributed by atoms with Crippen LogP contribution in [0.4, 0.5) is 0 Å². The number of hydrogen-bond donors (Lipinski definition) is 1. The summed E-state index contributed by atoms with van der Waals surface area (Å²) in [5.41, 5.74) is 10.8. The van der Waals surface area contributed by atoms with Gasteiger partial charge in [-0.3, -0.25) is 0 Å². The van der Waals surface area contributed by atoms with E-state index in [9.17, 15) is 0 Å². The molecule has 0 radical (unpaired) electrons. The molecule has 2 N–H and O–H groups in total. The molecule has 0 saturated carbocycles. The molecule has 0 atom stereocenters. The van der Waals surface area contributed by atoms with Crippen LogP contribution in [0.25, 0.3) is 5.57 Å². The maximum atomic E-state index is 5.51. The zero-order valence-electron chi connectivity index (χ0n) is 10.5. The lowest BCUT2D eigenvalue weighted by Crippen LogP contribution is -1.95. The second-order valence-corrected chi connectivity index (χ2v) is 3.97. The molecule has 0 fully saturated rings. The van der Waals surface area contributed by atoms with Crippen LogP contribution in [0.2, 0.25) is 0 Å². The summed E-state index contributed by atoms with van der Waals surface area (Å²) in [7, 11) is 0. The molecule has 1 heteroatoms. The lowest BCUT2D eigenvalue weighted by Gasteiger charge is -2.10. The van der Waals surface area contributed by atoms with Crippen LogP contribution >= 0.6 is 0 Å². The highest BCUT2D eigenvalue weighted by Gasteiger charge is 2.04. The number of rotatable bonds is 4. The molecular formula is C15H21N. The summed E-state index contributed by atoms with van der Waals surface area (Å²) < 4.78 is 0. The van der Waals surface area contributed by atoms with Gasteiger partial charge in [0.15, 0.2) is 0 Å². The molecule has 1 aromatic carbocycles. The molecule has 1 rings (SSSR count). The van der Waals surface area contributed by atoms with Crippen molar-refractivity contribution in [2.24, 2.45) is 5.73 Å². The number of allylic oxidation sites excluding steroid dienone is 3. The van der Waals surface area contributed by atoms with Gasteiger partial charge in [0.05, 0.1) is 0 Å². The SMILES string of the molecule is CC/C=C(\C=C/CN)c1c(C)cccc1C. The zero-order valence-corrected chi connectivity index (χ0v) is 10.5. The summed E-state index contributed by atoms with van der Waals surface area (Å²) in [5, 5.41) is 0. The molecule has 1 aromatic rings. The van der Waals surface area contributed by atoms with Gasteiger partial charge in [0.1, 0.15) is 0 Å². The van der Waals surface area contributed by atoms with Crippen molar-refractivity contribution in [2.45, 2.75) is 27.2 Å². The van der Waals surface area contributed by atoms with Gasteiger partial charge in [-0.15, -0.1) is 0 Å². The van der Waals surface area contributed by atoms with Crippen molar-refractivity contribution in [3.63, 3.8) is 0 Å². The van der Waals surface area contributed by atoms with Gasteiger partial charge >= 0.3 is 0 Å². The Balaban J connectivity index is 3.21. The van der Waals surface area contributed by atoms with E-state index in [1.165, 1.54) is 22.3 Å². The first-order valence-corrected chi connectivity index (χ1v) is 5.84. The molecular weight excluding hydrogens is 194 g/mol. The molecule has 86 valence electrons. The Kier molecular flexibility index (Phi) is 5.00. The monoisotopic (exact) mass is 215 g/mol. The topological polar surface area (TPSA) is 26.0 Å². The second kappa shape index (κ2) is 6.29. The van der Waals surface area contributed by atoms with Crippen LogP contribution < -0.4 is 5.73 Å². The summed E-state index contributed by atoms with van der Waals surface area (Å²) in [6.07, 6.45) is 7.42. The number of aryl methyl sites for hydroxylation is 2. The third-order valence-corrected chi connectivity index (χ3v) is 2.63. The van der Waals surface area contributed by atoms with E-state index in [1.54, 1.807) is 0 Å². The van der Waals surface area contributed by atoms with Crippen molar-refractivity contribution in [3.8, 4) is 0 Å². The maximum absolute atomic E-state index is 5.51. The first kappa shape index (κ1) is 12.7. The summed E-state index contributed by atoms with van der Waals surface area (Å²) in [4.78, 5) is 0. The molecule has 0 bridgehead atoms. The molecule has 0 heterocycles. The van der Waals surface area contributed by atoms with Gasteiger partial charge in [0, 0.05) is 6.54 Å². The van der Waals surface area contributed by atoms with Gasteiger partial charge in [-0.1, -0.05) is 43.4 Å². The van der Waals surface area contributed by atoms with E-state index in [0.717, 1.165) is 6.42 Å². The minimum Gasteiger partial charge on any atom is -0.327 e. The molecule has 0 aromatic heterocycles. The Bertz CT molecular complexity index is 380. The highest BCUT2D eigenvalue weighted by atomic mass is 14.5. The van der Waals surface area contributed by atoms with Crippen molar-refractivity contribution >= 4 is 5.57 Å². The molecule has 1 nitrogen and oxygen atoms in total. The molecule has 0 amide bonds. The molecule has 16 heavy (non-hydrogen) atoms. The summed E-state index contributed by atoms with van der Waals surface area (Å²) in [6.45, 7) is 7.06. The minimum atomic E-state index is 0.589. The van der Waals surface area contributed by atoms with Crippen LogP contribution in [-0.4, -0.2) is 6.54 Å². The van der Waals surface area contributed by atoms with E-state index in [4.69, 9.17) is 5.73 Å². The first-order valence-electron chi connectivity index (χ1n) is 5.84. The molecule has 0 unspecified atom stereocenters. The van der Waals surface area contributed by atoms with Crippen LogP contribution in [0.15, 0.2) is 36.4 Å². The Morgan fingerprint density at radius 2 is 1.88 bits per heavy atom. The van der Waals surface area contributed by atoms with Gasteiger partial charge in [-0.05, 0) is 42.5 Å². The molecule has 0 aliphatic carbocycles. The summed E-state index contributed by atoms with van der Waals surface area (Å²) in [5.74, 6) is 0. The minimum absolute atomic E-state index is 0.589. The van der Waals surface area contributed by atoms with Gasteiger partial charge in [-0.25, -0.2) is 0 Å². The molecule has 0 saturated heterocycles. The third kappa shape index (κ3) is 3.07. The van der Waals surface area contributed by atoms with Crippen molar-refractivity contribution in [1.82, 2.24) is 0 Å². The summed E-state index contributed by atoms with van der Waals surface area (Å²) in [6, 6.07) is 6.41. The molecule has 0 aliphatic heterocycles. The normalized spacial score (nSPS) is 12.4. The third-order valence-electron chi connectivity index (χ3n) is 2.63. The number of benzene rings is 1. The fourth-order valence-corrected chi connectivity index (χ4v) is 1.94. The van der Waals surface area contributed by atoms with Gasteiger partial charge in [0.2, 0.25) is 0 Å². The van der Waals surface area contributed by atoms with Crippen molar-refractivity contribution < 1.29 is 0 Å². The van der Waals surface area contributed by atoms with E-state index in [1.807, 2.05) is 6.08 Å². The molecule has 0 aliphatic rings. The van der Waals surface area contributed by atoms with Crippen LogP contribution in [-0.2, 0) is 0 Å². The Labute approximate surface area is 98.7 Å². The van der Waals surface area contributed by atoms with Gasteiger partial charge in [-0.2, -0.15) is 0 Å². The fraction of sp³-hybridized carbons (Fsp3) is 0.333. The van der Waals surface area contributed by atoms with E-state index < -0.39 is 0 Å². The van der Waals surface area contributed by atoms with Crippen molar-refractivity contribution in [3.05, 3.63) is 53.1 Å². The highest BCUT2D eigenvalue weighted by Crippen LogP contribution is 2.24. The largest absolute Gasteiger partial charge is 0.327 e. The Morgan fingerprint density at radius 3 is 2.38 bits per heavy atom.